The van der Waals surface area contributed by atoms with Crippen LogP contribution in [0, 0.1) is 5.82 Å². The van der Waals surface area contributed by atoms with E-state index < -0.39 is 0 Å². The standard InChI is InChI=1S/C48H34FN3/c1-48(2)39-17-7-6-16-36(39)47-40(48)18-11-19-43(47)51(35-15-10-12-33(49)30-35)41-27-23-31-22-26-38-42(28-24-32-21-25-37(41)45(31)46(32)38)52(34-13-4-3-5-14-34)44-20-8-9-29-50-44/h3-30H,1-2H3. The molecule has 0 saturated heterocycles. The summed E-state index contributed by atoms with van der Waals surface area (Å²) in [7, 11) is 0. The molecule has 10 rings (SSSR count). The van der Waals surface area contributed by atoms with Crippen LogP contribution in [0.1, 0.15) is 25.0 Å². The lowest BCUT2D eigenvalue weighted by Gasteiger charge is -2.30. The first kappa shape index (κ1) is 30.3. The smallest absolute Gasteiger partial charge is 0.137 e. The number of pyridine rings is 1. The fourth-order valence-corrected chi connectivity index (χ4v) is 8.56. The zero-order valence-corrected chi connectivity index (χ0v) is 28.9. The number of hydrogen-bond donors (Lipinski definition) is 0. The average molecular weight is 672 g/mol. The normalized spacial score (nSPS) is 13.1. The lowest BCUT2D eigenvalue weighted by molar-refractivity contribution is 0.628. The fourth-order valence-electron chi connectivity index (χ4n) is 8.56. The minimum absolute atomic E-state index is 0.174. The molecule has 0 bridgehead atoms. The van der Waals surface area contributed by atoms with E-state index in [4.69, 9.17) is 4.98 Å². The van der Waals surface area contributed by atoms with E-state index in [1.807, 2.05) is 30.5 Å². The lowest BCUT2D eigenvalue weighted by atomic mass is 9.82. The second kappa shape index (κ2) is 11.5. The van der Waals surface area contributed by atoms with Crippen LogP contribution in [0.25, 0.3) is 43.4 Å². The van der Waals surface area contributed by atoms with E-state index in [0.29, 0.717) is 0 Å². The van der Waals surface area contributed by atoms with Crippen LogP contribution in [-0.4, -0.2) is 4.98 Å². The highest BCUT2D eigenvalue weighted by molar-refractivity contribution is 6.28. The van der Waals surface area contributed by atoms with Crippen LogP contribution in [0.5, 0.6) is 0 Å². The molecule has 3 nitrogen and oxygen atoms in total. The van der Waals surface area contributed by atoms with Gasteiger partial charge in [-0.1, -0.05) is 117 Å². The molecule has 0 spiro atoms. The van der Waals surface area contributed by atoms with Gasteiger partial charge in [0, 0.05) is 39.3 Å². The van der Waals surface area contributed by atoms with Crippen molar-refractivity contribution in [1.29, 1.82) is 0 Å². The summed E-state index contributed by atoms with van der Waals surface area (Å²) >= 11 is 0. The third-order valence-electron chi connectivity index (χ3n) is 10.9. The van der Waals surface area contributed by atoms with Crippen molar-refractivity contribution in [2.24, 2.45) is 0 Å². The molecule has 0 N–H and O–H groups in total. The second-order valence-corrected chi connectivity index (χ2v) is 14.1. The molecule has 248 valence electrons. The summed E-state index contributed by atoms with van der Waals surface area (Å²) < 4.78 is 15.2. The van der Waals surface area contributed by atoms with Crippen molar-refractivity contribution in [3.63, 3.8) is 0 Å². The summed E-state index contributed by atoms with van der Waals surface area (Å²) in [6, 6.07) is 56.5. The minimum Gasteiger partial charge on any atom is -0.309 e. The van der Waals surface area contributed by atoms with Crippen molar-refractivity contribution >= 4 is 66.6 Å². The molecule has 0 radical (unpaired) electrons. The van der Waals surface area contributed by atoms with Gasteiger partial charge in [-0.2, -0.15) is 0 Å². The molecule has 0 amide bonds. The van der Waals surface area contributed by atoms with Gasteiger partial charge in [0.1, 0.15) is 11.6 Å². The number of hydrogen-bond acceptors (Lipinski definition) is 3. The van der Waals surface area contributed by atoms with Crippen LogP contribution in [0.3, 0.4) is 0 Å². The lowest BCUT2D eigenvalue weighted by Crippen LogP contribution is -2.16. The van der Waals surface area contributed by atoms with Crippen LogP contribution in [0.2, 0.25) is 0 Å². The molecule has 1 aromatic heterocycles. The van der Waals surface area contributed by atoms with Gasteiger partial charge in [0.25, 0.3) is 0 Å². The van der Waals surface area contributed by atoms with Gasteiger partial charge < -0.3 is 4.90 Å². The largest absolute Gasteiger partial charge is 0.309 e. The van der Waals surface area contributed by atoms with Gasteiger partial charge in [-0.05, 0) is 98.9 Å². The summed E-state index contributed by atoms with van der Waals surface area (Å²) in [6.07, 6.45) is 1.84. The first-order valence-corrected chi connectivity index (χ1v) is 17.7. The van der Waals surface area contributed by atoms with Gasteiger partial charge in [0.2, 0.25) is 0 Å². The van der Waals surface area contributed by atoms with Gasteiger partial charge in [-0.3, -0.25) is 4.90 Å². The maximum absolute atomic E-state index is 15.2. The molecule has 0 fully saturated rings. The molecule has 1 aliphatic rings. The molecule has 0 atom stereocenters. The maximum atomic E-state index is 15.2. The zero-order valence-electron chi connectivity index (χ0n) is 28.9. The van der Waals surface area contributed by atoms with Crippen molar-refractivity contribution in [2.45, 2.75) is 19.3 Å². The highest BCUT2D eigenvalue weighted by Gasteiger charge is 2.38. The molecule has 0 aliphatic heterocycles. The molecule has 9 aromatic rings. The summed E-state index contributed by atoms with van der Waals surface area (Å²) in [6.45, 7) is 4.59. The highest BCUT2D eigenvalue weighted by Crippen LogP contribution is 2.55. The molecule has 0 unspecified atom stereocenters. The van der Waals surface area contributed by atoms with E-state index in [2.05, 4.69) is 145 Å². The molecule has 8 aromatic carbocycles. The zero-order chi connectivity index (χ0) is 35.0. The summed E-state index contributed by atoms with van der Waals surface area (Å²) in [5, 5.41) is 6.92. The maximum Gasteiger partial charge on any atom is 0.137 e. The van der Waals surface area contributed by atoms with Gasteiger partial charge in [0.05, 0.1) is 17.1 Å². The Morgan fingerprint density at radius 1 is 0.500 bits per heavy atom. The Kier molecular flexibility index (Phi) is 6.71. The molecule has 0 saturated carbocycles. The van der Waals surface area contributed by atoms with Gasteiger partial charge in [0.15, 0.2) is 0 Å². The Balaban J connectivity index is 1.26. The number of anilines is 6. The predicted octanol–water partition coefficient (Wildman–Crippen LogP) is 13.4. The molecule has 1 aliphatic carbocycles. The van der Waals surface area contributed by atoms with Crippen LogP contribution in [0.15, 0.2) is 170 Å². The number of para-hydroxylation sites is 1. The number of aromatic nitrogens is 1. The van der Waals surface area contributed by atoms with E-state index in [9.17, 15) is 0 Å². The summed E-state index contributed by atoms with van der Waals surface area (Å²) in [4.78, 5) is 9.29. The van der Waals surface area contributed by atoms with Gasteiger partial charge in [-0.25, -0.2) is 9.37 Å². The molecular formula is C48H34FN3. The number of benzene rings is 8. The Hall–Kier alpha value is -6.52. The van der Waals surface area contributed by atoms with E-state index in [1.165, 1.54) is 39.1 Å². The minimum atomic E-state index is -0.270. The van der Waals surface area contributed by atoms with Crippen molar-refractivity contribution < 1.29 is 4.39 Å². The molecule has 1 heterocycles. The Bertz CT molecular complexity index is 2750. The topological polar surface area (TPSA) is 19.4 Å². The Morgan fingerprint density at radius 2 is 1.12 bits per heavy atom. The number of halogens is 1. The second-order valence-electron chi connectivity index (χ2n) is 14.1. The van der Waals surface area contributed by atoms with E-state index in [0.717, 1.165) is 55.8 Å². The molecule has 4 heteroatoms. The van der Waals surface area contributed by atoms with E-state index >= 15 is 4.39 Å². The Labute approximate surface area is 302 Å². The van der Waals surface area contributed by atoms with Crippen molar-refractivity contribution in [1.82, 2.24) is 4.98 Å². The first-order chi connectivity index (χ1) is 25.5. The van der Waals surface area contributed by atoms with E-state index in [1.54, 1.807) is 12.1 Å². The predicted molar refractivity (Wildman–Crippen MR) is 215 cm³/mol. The Morgan fingerprint density at radius 3 is 1.83 bits per heavy atom. The number of fused-ring (bicyclic) bond motifs is 3. The highest BCUT2D eigenvalue weighted by atomic mass is 19.1. The third-order valence-corrected chi connectivity index (χ3v) is 10.9. The van der Waals surface area contributed by atoms with Crippen LogP contribution in [-0.2, 0) is 5.41 Å². The van der Waals surface area contributed by atoms with Crippen LogP contribution >= 0.6 is 0 Å². The van der Waals surface area contributed by atoms with Gasteiger partial charge in [-0.15, -0.1) is 0 Å². The summed E-state index contributed by atoms with van der Waals surface area (Å²) in [5.74, 6) is 0.580. The van der Waals surface area contributed by atoms with Crippen LogP contribution in [0.4, 0.5) is 38.6 Å². The average Bonchev–Trinajstić information content (AvgIpc) is 3.42. The van der Waals surface area contributed by atoms with Crippen molar-refractivity contribution in [2.75, 3.05) is 9.80 Å². The monoisotopic (exact) mass is 671 g/mol. The fraction of sp³-hybridized carbons (Fsp3) is 0.0625. The van der Waals surface area contributed by atoms with Crippen molar-refractivity contribution in [3.05, 3.63) is 187 Å². The van der Waals surface area contributed by atoms with Crippen LogP contribution < -0.4 is 9.80 Å². The SMILES string of the molecule is CC1(C)c2ccccc2-c2c(N(c3cccc(F)c3)c3ccc4ccc5c(N(c6ccccc6)c6ccccn6)ccc6ccc3c4c65)cccc21. The first-order valence-electron chi connectivity index (χ1n) is 17.7. The number of rotatable bonds is 6. The van der Waals surface area contributed by atoms with E-state index in [-0.39, 0.29) is 11.2 Å². The van der Waals surface area contributed by atoms with Crippen molar-refractivity contribution in [3.8, 4) is 11.1 Å². The quantitative estimate of drug-likeness (QED) is 0.164. The third kappa shape index (κ3) is 4.47. The summed E-state index contributed by atoms with van der Waals surface area (Å²) in [5.41, 5.74) is 9.70. The molecular weight excluding hydrogens is 638 g/mol. The number of nitrogens with zero attached hydrogens (tertiary/aromatic N) is 3. The molecule has 52 heavy (non-hydrogen) atoms. The van der Waals surface area contributed by atoms with Gasteiger partial charge >= 0.3 is 0 Å².